The largest absolute Gasteiger partial charge is 0.488 e. The Kier molecular flexibility index (Phi) is 7.18. The minimum Gasteiger partial charge on any atom is -0.488 e. The Morgan fingerprint density at radius 1 is 1.06 bits per heavy atom. The number of ether oxygens (including phenoxy) is 1. The fourth-order valence-electron chi connectivity index (χ4n) is 2.77. The van der Waals surface area contributed by atoms with Gasteiger partial charge in [-0.2, -0.15) is 18.4 Å². The van der Waals surface area contributed by atoms with Gasteiger partial charge in [0, 0.05) is 16.3 Å². The van der Waals surface area contributed by atoms with Gasteiger partial charge in [-0.05, 0) is 48.0 Å². The highest BCUT2D eigenvalue weighted by atomic mass is 35.5. The number of halogens is 4. The van der Waals surface area contributed by atoms with Crippen molar-refractivity contribution in [3.63, 3.8) is 0 Å². The molecule has 1 amide bonds. The van der Waals surface area contributed by atoms with E-state index in [4.69, 9.17) is 16.3 Å². The molecule has 0 aliphatic heterocycles. The van der Waals surface area contributed by atoms with E-state index in [1.54, 1.807) is 18.2 Å². The summed E-state index contributed by atoms with van der Waals surface area (Å²) in [6.45, 7) is 0.252. The van der Waals surface area contributed by atoms with E-state index >= 15 is 0 Å². The predicted molar refractivity (Wildman–Crippen MR) is 116 cm³/mol. The number of rotatable bonds is 6. The third-order valence-electron chi connectivity index (χ3n) is 4.32. The molecule has 3 aromatic rings. The molecule has 0 fully saturated rings. The van der Waals surface area contributed by atoms with Crippen molar-refractivity contribution in [3.05, 3.63) is 100 Å². The molecule has 0 aliphatic rings. The Morgan fingerprint density at radius 2 is 1.81 bits per heavy atom. The van der Waals surface area contributed by atoms with Gasteiger partial charge in [-0.3, -0.25) is 4.79 Å². The van der Waals surface area contributed by atoms with E-state index in [1.807, 2.05) is 30.3 Å². The van der Waals surface area contributed by atoms with Crippen LogP contribution in [0.15, 0.2) is 78.4 Å². The standard InChI is InChI=1S/C24H16ClF3N2O2/c25-20-9-10-22(32-15-16-5-2-1-3-6-16)17(12-20)11-18(14-29)23(31)30-21-8-4-7-19(13-21)24(26,27)28/h1-13H,15H2,(H,30,31)/b18-11+. The summed E-state index contributed by atoms with van der Waals surface area (Å²) >= 11 is 6.06. The smallest absolute Gasteiger partial charge is 0.416 e. The molecular weight excluding hydrogens is 441 g/mol. The molecule has 0 saturated carbocycles. The van der Waals surface area contributed by atoms with Crippen molar-refractivity contribution in [2.24, 2.45) is 0 Å². The predicted octanol–water partition coefficient (Wildman–Crippen LogP) is 6.48. The molecule has 0 unspecified atom stereocenters. The van der Waals surface area contributed by atoms with E-state index in [9.17, 15) is 23.2 Å². The molecule has 0 bridgehead atoms. The lowest BCUT2D eigenvalue weighted by Crippen LogP contribution is -2.14. The number of hydrogen-bond donors (Lipinski definition) is 1. The van der Waals surface area contributed by atoms with Crippen molar-refractivity contribution < 1.29 is 22.7 Å². The molecule has 162 valence electrons. The van der Waals surface area contributed by atoms with Gasteiger partial charge < -0.3 is 10.1 Å². The normalized spacial score (nSPS) is 11.5. The summed E-state index contributed by atoms with van der Waals surface area (Å²) in [6.07, 6.45) is -3.28. The molecule has 1 N–H and O–H groups in total. The van der Waals surface area contributed by atoms with Gasteiger partial charge in [0.15, 0.2) is 0 Å². The fraction of sp³-hybridized carbons (Fsp3) is 0.0833. The van der Waals surface area contributed by atoms with Crippen molar-refractivity contribution in [2.45, 2.75) is 12.8 Å². The lowest BCUT2D eigenvalue weighted by molar-refractivity contribution is -0.137. The average molecular weight is 457 g/mol. The molecule has 0 spiro atoms. The molecule has 0 radical (unpaired) electrons. The van der Waals surface area contributed by atoms with Crippen molar-refractivity contribution in [2.75, 3.05) is 5.32 Å². The molecule has 3 aromatic carbocycles. The Bertz CT molecular complexity index is 1190. The molecule has 8 heteroatoms. The minimum absolute atomic E-state index is 0.0855. The van der Waals surface area contributed by atoms with Crippen LogP contribution in [0, 0.1) is 11.3 Å². The SMILES string of the molecule is N#C/C(=C\c1cc(Cl)ccc1OCc1ccccc1)C(=O)Nc1cccc(C(F)(F)F)c1. The molecular formula is C24H16ClF3N2O2. The Hall–Kier alpha value is -3.76. The van der Waals surface area contributed by atoms with Gasteiger partial charge >= 0.3 is 6.18 Å². The summed E-state index contributed by atoms with van der Waals surface area (Å²) < 4.78 is 44.5. The lowest BCUT2D eigenvalue weighted by Gasteiger charge is -2.11. The first-order chi connectivity index (χ1) is 15.3. The number of carbonyl (C=O) groups is 1. The highest BCUT2D eigenvalue weighted by Gasteiger charge is 2.30. The monoisotopic (exact) mass is 456 g/mol. The maximum Gasteiger partial charge on any atom is 0.416 e. The van der Waals surface area contributed by atoms with Gasteiger partial charge in [0.25, 0.3) is 5.91 Å². The number of benzene rings is 3. The zero-order valence-electron chi connectivity index (χ0n) is 16.5. The molecule has 0 atom stereocenters. The zero-order valence-corrected chi connectivity index (χ0v) is 17.2. The fourth-order valence-corrected chi connectivity index (χ4v) is 2.96. The van der Waals surface area contributed by atoms with Gasteiger partial charge in [-0.15, -0.1) is 0 Å². The maximum atomic E-state index is 12.9. The number of alkyl halides is 3. The summed E-state index contributed by atoms with van der Waals surface area (Å²) in [4.78, 5) is 12.5. The first-order valence-corrected chi connectivity index (χ1v) is 9.71. The molecule has 0 heterocycles. The molecule has 0 aliphatic carbocycles. The van der Waals surface area contributed by atoms with Crippen LogP contribution in [0.2, 0.25) is 5.02 Å². The first-order valence-electron chi connectivity index (χ1n) is 9.33. The van der Waals surface area contributed by atoms with E-state index in [0.717, 1.165) is 17.7 Å². The summed E-state index contributed by atoms with van der Waals surface area (Å²) in [5.74, 6) is -0.473. The van der Waals surface area contributed by atoms with E-state index in [1.165, 1.54) is 24.3 Å². The van der Waals surface area contributed by atoms with Crippen LogP contribution >= 0.6 is 11.6 Å². The second-order valence-corrected chi connectivity index (χ2v) is 7.10. The van der Waals surface area contributed by atoms with Crippen molar-refractivity contribution in [1.29, 1.82) is 5.26 Å². The topological polar surface area (TPSA) is 62.1 Å². The van der Waals surface area contributed by atoms with Crippen LogP contribution in [0.3, 0.4) is 0 Å². The third-order valence-corrected chi connectivity index (χ3v) is 4.56. The average Bonchev–Trinajstić information content (AvgIpc) is 2.77. The highest BCUT2D eigenvalue weighted by molar-refractivity contribution is 6.30. The zero-order chi connectivity index (χ0) is 23.1. The van der Waals surface area contributed by atoms with Gasteiger partial charge in [0.2, 0.25) is 0 Å². The number of hydrogen-bond acceptors (Lipinski definition) is 3. The molecule has 0 saturated heterocycles. The number of nitrogens with zero attached hydrogens (tertiary/aromatic N) is 1. The summed E-state index contributed by atoms with van der Waals surface area (Å²) in [7, 11) is 0. The number of amides is 1. The van der Waals surface area contributed by atoms with Crippen LogP contribution in [-0.2, 0) is 17.6 Å². The van der Waals surface area contributed by atoms with Crippen LogP contribution in [-0.4, -0.2) is 5.91 Å². The lowest BCUT2D eigenvalue weighted by atomic mass is 10.1. The van der Waals surface area contributed by atoms with Crippen molar-refractivity contribution >= 4 is 29.3 Å². The first kappa shape index (κ1) is 22.9. The molecule has 4 nitrogen and oxygen atoms in total. The van der Waals surface area contributed by atoms with Crippen LogP contribution in [0.25, 0.3) is 6.08 Å². The Balaban J connectivity index is 1.83. The minimum atomic E-state index is -4.56. The maximum absolute atomic E-state index is 12.9. The number of anilines is 1. The Morgan fingerprint density at radius 3 is 2.50 bits per heavy atom. The van der Waals surface area contributed by atoms with Gasteiger partial charge in [0.05, 0.1) is 5.56 Å². The van der Waals surface area contributed by atoms with E-state index < -0.39 is 17.6 Å². The van der Waals surface area contributed by atoms with E-state index in [0.29, 0.717) is 16.3 Å². The quantitative estimate of drug-likeness (QED) is 0.341. The van der Waals surface area contributed by atoms with E-state index in [-0.39, 0.29) is 17.9 Å². The van der Waals surface area contributed by atoms with Crippen LogP contribution in [0.4, 0.5) is 18.9 Å². The number of carbonyl (C=O) groups excluding carboxylic acids is 1. The molecule has 32 heavy (non-hydrogen) atoms. The second-order valence-electron chi connectivity index (χ2n) is 6.66. The van der Waals surface area contributed by atoms with Crippen molar-refractivity contribution in [1.82, 2.24) is 0 Å². The van der Waals surface area contributed by atoms with Gasteiger partial charge in [0.1, 0.15) is 24.0 Å². The summed E-state index contributed by atoms with van der Waals surface area (Å²) in [5.41, 5.74) is -0.0274. The van der Waals surface area contributed by atoms with Crippen LogP contribution in [0.5, 0.6) is 5.75 Å². The highest BCUT2D eigenvalue weighted by Crippen LogP contribution is 2.31. The summed E-state index contributed by atoms with van der Waals surface area (Å²) in [6, 6.07) is 20.0. The second kappa shape index (κ2) is 10.0. The Labute approximate surface area is 187 Å². The van der Waals surface area contributed by atoms with Gasteiger partial charge in [-0.1, -0.05) is 48.0 Å². The number of nitriles is 1. The van der Waals surface area contributed by atoms with Crippen molar-refractivity contribution in [3.8, 4) is 11.8 Å². The van der Waals surface area contributed by atoms with Crippen LogP contribution in [0.1, 0.15) is 16.7 Å². The van der Waals surface area contributed by atoms with Gasteiger partial charge in [-0.25, -0.2) is 0 Å². The molecule has 0 aromatic heterocycles. The summed E-state index contributed by atoms with van der Waals surface area (Å²) in [5, 5.41) is 12.1. The van der Waals surface area contributed by atoms with E-state index in [2.05, 4.69) is 5.32 Å². The van der Waals surface area contributed by atoms with Crippen LogP contribution < -0.4 is 10.1 Å². The number of nitrogens with one attached hydrogen (secondary N) is 1. The molecule has 3 rings (SSSR count). The third kappa shape index (κ3) is 6.13.